The van der Waals surface area contributed by atoms with Gasteiger partial charge in [-0.2, -0.15) is 0 Å². The van der Waals surface area contributed by atoms with E-state index in [2.05, 4.69) is 101 Å². The second-order valence-electron chi connectivity index (χ2n) is 7.78. The summed E-state index contributed by atoms with van der Waals surface area (Å²) in [6.45, 7) is 0. The van der Waals surface area contributed by atoms with Crippen LogP contribution in [0.3, 0.4) is 0 Å². The monoisotopic (exact) mass is 804 g/mol. The first-order valence-electron chi connectivity index (χ1n) is 10.3. The first-order chi connectivity index (χ1) is 16.1. The van der Waals surface area contributed by atoms with E-state index in [-0.39, 0.29) is 0 Å². The third-order valence-corrected chi connectivity index (χ3v) is 8.32. The molecule has 8 N–H and O–H groups in total. The number of hydrogen-bond donors (Lipinski definition) is 4. The smallest absolute Gasteiger partial charge is 0.0458 e. The molecule has 4 rings (SSSR count). The molecule has 4 aromatic carbocycles. The molecule has 0 spiro atoms. The fourth-order valence-electron chi connectivity index (χ4n) is 3.19. The van der Waals surface area contributed by atoms with E-state index >= 15 is 0 Å². The Morgan fingerprint density at radius 2 is 0.765 bits per heavy atom. The van der Waals surface area contributed by atoms with Crippen LogP contribution >= 0.6 is 77.0 Å². The van der Waals surface area contributed by atoms with Crippen LogP contribution in [0.4, 0.5) is 22.7 Å². The van der Waals surface area contributed by atoms with Gasteiger partial charge in [0, 0.05) is 38.8 Å². The zero-order chi connectivity index (χ0) is 24.8. The van der Waals surface area contributed by atoms with Gasteiger partial charge in [0.1, 0.15) is 0 Å². The fourth-order valence-corrected chi connectivity index (χ4v) is 5.21. The summed E-state index contributed by atoms with van der Waals surface area (Å²) in [4.78, 5) is 0. The summed E-state index contributed by atoms with van der Waals surface area (Å²) in [5, 5.41) is 0. The van der Waals surface area contributed by atoms with Gasteiger partial charge < -0.3 is 22.9 Å². The first-order valence-corrected chi connectivity index (χ1v) is 14.0. The predicted molar refractivity (Wildman–Crippen MR) is 170 cm³/mol. The predicted octanol–water partition coefficient (Wildman–Crippen LogP) is 7.62. The van der Waals surface area contributed by atoms with Crippen LogP contribution in [0.2, 0.25) is 0 Å². The van der Waals surface area contributed by atoms with Crippen LogP contribution < -0.4 is 22.9 Å². The van der Waals surface area contributed by atoms with E-state index in [9.17, 15) is 0 Å². The molecular formula is C26H24Br2I2N4. The molecule has 8 heteroatoms. The minimum atomic E-state index is 0.757. The Morgan fingerprint density at radius 3 is 1.06 bits per heavy atom. The molecule has 0 aliphatic carbocycles. The molecule has 4 nitrogen and oxygen atoms in total. The summed E-state index contributed by atoms with van der Waals surface area (Å²) in [6, 6.07) is 24.3. The Kier molecular flexibility index (Phi) is 9.93. The van der Waals surface area contributed by atoms with Crippen LogP contribution in [0.5, 0.6) is 0 Å². The summed E-state index contributed by atoms with van der Waals surface area (Å²) in [6.07, 6.45) is 1.77. The second kappa shape index (κ2) is 12.5. The quantitative estimate of drug-likeness (QED) is 0.126. The molecule has 0 fully saturated rings. The van der Waals surface area contributed by atoms with Crippen LogP contribution in [-0.4, -0.2) is 0 Å². The zero-order valence-corrected chi connectivity index (χ0v) is 25.7. The minimum absolute atomic E-state index is 0.757. The average molecular weight is 806 g/mol. The van der Waals surface area contributed by atoms with Crippen molar-refractivity contribution in [1.29, 1.82) is 0 Å². The van der Waals surface area contributed by atoms with Gasteiger partial charge in [-0.1, -0.05) is 24.3 Å². The van der Waals surface area contributed by atoms with Crippen LogP contribution in [0, 0.1) is 7.14 Å². The molecule has 176 valence electrons. The Morgan fingerprint density at radius 1 is 0.471 bits per heavy atom. The molecule has 0 aromatic heterocycles. The maximum atomic E-state index is 5.80. The van der Waals surface area contributed by atoms with Crippen molar-refractivity contribution in [3.63, 3.8) is 0 Å². The topological polar surface area (TPSA) is 104 Å². The van der Waals surface area contributed by atoms with Crippen molar-refractivity contribution in [3.8, 4) is 0 Å². The fraction of sp³-hybridized carbons (Fsp3) is 0.0769. The van der Waals surface area contributed by atoms with E-state index in [1.807, 2.05) is 48.5 Å². The molecule has 34 heavy (non-hydrogen) atoms. The minimum Gasteiger partial charge on any atom is -0.398 e. The van der Waals surface area contributed by atoms with Gasteiger partial charge in [-0.3, -0.25) is 0 Å². The van der Waals surface area contributed by atoms with Crippen molar-refractivity contribution in [1.82, 2.24) is 0 Å². The molecule has 0 saturated carbocycles. The lowest BCUT2D eigenvalue weighted by atomic mass is 10.0. The van der Waals surface area contributed by atoms with E-state index in [0.717, 1.165) is 51.7 Å². The van der Waals surface area contributed by atoms with Gasteiger partial charge in [-0.05, 0) is 161 Å². The summed E-state index contributed by atoms with van der Waals surface area (Å²) in [5.41, 5.74) is 31.3. The molecule has 0 atom stereocenters. The molecule has 0 heterocycles. The van der Waals surface area contributed by atoms with Gasteiger partial charge in [0.25, 0.3) is 0 Å². The molecule has 4 aromatic rings. The third kappa shape index (κ3) is 7.76. The van der Waals surface area contributed by atoms with Crippen molar-refractivity contribution in [2.45, 2.75) is 12.8 Å². The molecule has 0 radical (unpaired) electrons. The van der Waals surface area contributed by atoms with Crippen molar-refractivity contribution in [2.75, 3.05) is 22.9 Å². The van der Waals surface area contributed by atoms with Gasteiger partial charge in [-0.25, -0.2) is 0 Å². The van der Waals surface area contributed by atoms with E-state index in [1.165, 1.54) is 22.3 Å². The van der Waals surface area contributed by atoms with Crippen molar-refractivity contribution in [2.24, 2.45) is 0 Å². The summed E-state index contributed by atoms with van der Waals surface area (Å²) in [7, 11) is 0. The number of rotatable bonds is 4. The van der Waals surface area contributed by atoms with E-state index in [1.54, 1.807) is 0 Å². The summed E-state index contributed by atoms with van der Waals surface area (Å²) in [5.74, 6) is 0. The number of hydrogen-bond acceptors (Lipinski definition) is 4. The van der Waals surface area contributed by atoms with Crippen LogP contribution in [-0.2, 0) is 12.8 Å². The number of halogens is 4. The van der Waals surface area contributed by atoms with Crippen molar-refractivity contribution >= 4 is 99.8 Å². The molecule has 0 bridgehead atoms. The van der Waals surface area contributed by atoms with Gasteiger partial charge in [0.05, 0.1) is 0 Å². The first kappa shape index (κ1) is 27.1. The maximum Gasteiger partial charge on any atom is 0.0458 e. The largest absolute Gasteiger partial charge is 0.398 e. The van der Waals surface area contributed by atoms with E-state index < -0.39 is 0 Å². The lowest BCUT2D eigenvalue weighted by Crippen LogP contribution is -1.95. The third-order valence-electron chi connectivity index (χ3n) is 5.08. The van der Waals surface area contributed by atoms with Crippen LogP contribution in [0.15, 0.2) is 81.7 Å². The molecule has 0 unspecified atom stereocenters. The van der Waals surface area contributed by atoms with Gasteiger partial charge >= 0.3 is 0 Å². The Bertz CT molecular complexity index is 1110. The lowest BCUT2D eigenvalue weighted by Gasteiger charge is -2.06. The highest BCUT2D eigenvalue weighted by Crippen LogP contribution is 2.25. The maximum absolute atomic E-state index is 5.80. The number of anilines is 4. The van der Waals surface area contributed by atoms with E-state index in [0.29, 0.717) is 0 Å². The molecule has 0 aliphatic heterocycles. The van der Waals surface area contributed by atoms with Crippen molar-refractivity contribution < 1.29 is 0 Å². The Balaban J connectivity index is 0.000000191. The number of nitrogen functional groups attached to an aromatic ring is 4. The highest BCUT2D eigenvalue weighted by Gasteiger charge is 2.03. The molecular weight excluding hydrogens is 782 g/mol. The van der Waals surface area contributed by atoms with Crippen LogP contribution in [0.1, 0.15) is 22.3 Å². The molecule has 0 saturated heterocycles. The number of benzene rings is 4. The van der Waals surface area contributed by atoms with E-state index in [4.69, 9.17) is 22.9 Å². The lowest BCUT2D eigenvalue weighted by molar-refractivity contribution is 1.19. The van der Waals surface area contributed by atoms with Crippen LogP contribution in [0.25, 0.3) is 0 Å². The Labute approximate surface area is 244 Å². The normalized spacial score (nSPS) is 10.5. The van der Waals surface area contributed by atoms with Gasteiger partial charge in [0.15, 0.2) is 0 Å². The zero-order valence-electron chi connectivity index (χ0n) is 18.2. The van der Waals surface area contributed by atoms with Gasteiger partial charge in [0.2, 0.25) is 0 Å². The number of nitrogens with two attached hydrogens (primary N) is 4. The summed E-state index contributed by atoms with van der Waals surface area (Å²) >= 11 is 11.4. The second-order valence-corrected chi connectivity index (χ2v) is 11.8. The van der Waals surface area contributed by atoms with Gasteiger partial charge in [-0.15, -0.1) is 0 Å². The molecule has 0 amide bonds. The highest BCUT2D eigenvalue weighted by atomic mass is 127. The SMILES string of the molecule is Nc1ccc(Cc2ccc(N)c(Br)c2)cc1Br.Nc1ccc(Cc2ccc(N)c(I)c2)cc1I. The average Bonchev–Trinajstić information content (AvgIpc) is 2.79. The highest BCUT2D eigenvalue weighted by molar-refractivity contribution is 14.1. The van der Waals surface area contributed by atoms with Crippen molar-refractivity contribution in [3.05, 3.63) is 111 Å². The standard InChI is InChI=1S/C13H12Br2N2.C13H12I2N2/c2*14-10-6-8(1-3-12(10)16)5-9-2-4-13(17)11(15)7-9/h2*1-4,6-7H,5,16-17H2. The summed E-state index contributed by atoms with van der Waals surface area (Å²) < 4.78 is 4.07. The Hall–Kier alpha value is -1.50. The molecule has 0 aliphatic rings.